The minimum absolute atomic E-state index is 0.245. The molecule has 0 N–H and O–H groups in total. The maximum Gasteiger partial charge on any atom is 0.307 e. The van der Waals surface area contributed by atoms with E-state index >= 15 is 0 Å². The second kappa shape index (κ2) is 5.08. The standard InChI is InChI=1S/C16H20O4/c1-9(17)19-11-3-5-13-14-6-4-12(20-10(2)18)8-16(14)15(13)7-11/h7-8,13-16H,3-6H2,1-2H3/t13-,14+,15-,16+. The highest BCUT2D eigenvalue weighted by Crippen LogP contribution is 2.57. The summed E-state index contributed by atoms with van der Waals surface area (Å²) in [6, 6.07) is 0. The fourth-order valence-electron chi connectivity index (χ4n) is 4.03. The summed E-state index contributed by atoms with van der Waals surface area (Å²) in [6.45, 7) is 2.88. The molecule has 108 valence electrons. The van der Waals surface area contributed by atoms with Gasteiger partial charge in [-0.25, -0.2) is 0 Å². The van der Waals surface area contributed by atoms with Crippen molar-refractivity contribution in [3.8, 4) is 0 Å². The number of hydrogen-bond donors (Lipinski definition) is 0. The van der Waals surface area contributed by atoms with Gasteiger partial charge in [0.2, 0.25) is 0 Å². The molecule has 0 aromatic rings. The van der Waals surface area contributed by atoms with Gasteiger partial charge < -0.3 is 9.47 Å². The van der Waals surface area contributed by atoms with Crippen LogP contribution in [0, 0.1) is 23.7 Å². The van der Waals surface area contributed by atoms with Gasteiger partial charge in [0.1, 0.15) is 11.5 Å². The van der Waals surface area contributed by atoms with Crippen LogP contribution in [0.3, 0.4) is 0 Å². The number of esters is 2. The Morgan fingerprint density at radius 1 is 0.900 bits per heavy atom. The average Bonchev–Trinajstić information content (AvgIpc) is 2.36. The van der Waals surface area contributed by atoms with Crippen LogP contribution in [-0.2, 0) is 19.1 Å². The molecular weight excluding hydrogens is 256 g/mol. The van der Waals surface area contributed by atoms with Crippen molar-refractivity contribution >= 4 is 11.9 Å². The zero-order valence-corrected chi connectivity index (χ0v) is 11.9. The molecule has 4 nitrogen and oxygen atoms in total. The highest BCUT2D eigenvalue weighted by molar-refractivity contribution is 5.67. The molecule has 0 bridgehead atoms. The van der Waals surface area contributed by atoms with Gasteiger partial charge in [-0.05, 0) is 48.7 Å². The summed E-state index contributed by atoms with van der Waals surface area (Å²) < 4.78 is 10.5. The molecule has 20 heavy (non-hydrogen) atoms. The molecule has 3 rings (SSSR count). The van der Waals surface area contributed by atoms with E-state index in [-0.39, 0.29) is 11.9 Å². The zero-order valence-electron chi connectivity index (χ0n) is 11.9. The number of fused-ring (bicyclic) bond motifs is 4. The Hall–Kier alpha value is -1.58. The van der Waals surface area contributed by atoms with Crippen molar-refractivity contribution < 1.29 is 19.1 Å². The van der Waals surface area contributed by atoms with E-state index < -0.39 is 0 Å². The number of ether oxygens (including phenoxy) is 2. The average molecular weight is 276 g/mol. The Bertz CT molecular complexity index is 457. The summed E-state index contributed by atoms with van der Waals surface area (Å²) in [7, 11) is 0. The van der Waals surface area contributed by atoms with Crippen molar-refractivity contribution in [2.45, 2.75) is 39.5 Å². The van der Waals surface area contributed by atoms with Gasteiger partial charge in [-0.1, -0.05) is 0 Å². The number of hydrogen-bond acceptors (Lipinski definition) is 4. The summed E-state index contributed by atoms with van der Waals surface area (Å²) in [6.07, 6.45) is 8.16. The van der Waals surface area contributed by atoms with Crippen LogP contribution in [-0.4, -0.2) is 11.9 Å². The largest absolute Gasteiger partial charge is 0.432 e. The third-order valence-corrected chi connectivity index (χ3v) is 4.74. The number of carbonyl (C=O) groups is 2. The number of allylic oxidation sites excluding steroid dienone is 4. The van der Waals surface area contributed by atoms with Crippen LogP contribution in [0.5, 0.6) is 0 Å². The summed E-state index contributed by atoms with van der Waals surface area (Å²) in [4.78, 5) is 22.1. The maximum absolute atomic E-state index is 11.0. The third kappa shape index (κ3) is 2.39. The Morgan fingerprint density at radius 3 is 1.65 bits per heavy atom. The highest BCUT2D eigenvalue weighted by Gasteiger charge is 2.50. The van der Waals surface area contributed by atoms with Crippen LogP contribution in [0.2, 0.25) is 0 Å². The summed E-state index contributed by atoms with van der Waals surface area (Å²) in [5.74, 6) is 3.41. The third-order valence-electron chi connectivity index (χ3n) is 4.74. The normalized spacial score (nSPS) is 34.7. The van der Waals surface area contributed by atoms with Crippen LogP contribution >= 0.6 is 0 Å². The van der Waals surface area contributed by atoms with E-state index in [1.165, 1.54) is 13.8 Å². The van der Waals surface area contributed by atoms with Crippen LogP contribution in [0.15, 0.2) is 23.7 Å². The van der Waals surface area contributed by atoms with Crippen LogP contribution in [0.25, 0.3) is 0 Å². The van der Waals surface area contributed by atoms with E-state index in [4.69, 9.17) is 9.47 Å². The van der Waals surface area contributed by atoms with E-state index in [0.29, 0.717) is 23.7 Å². The van der Waals surface area contributed by atoms with Crippen molar-refractivity contribution in [1.29, 1.82) is 0 Å². The molecular formula is C16H20O4. The predicted molar refractivity (Wildman–Crippen MR) is 72.1 cm³/mol. The van der Waals surface area contributed by atoms with E-state index in [9.17, 15) is 9.59 Å². The Labute approximate surface area is 118 Å². The lowest BCUT2D eigenvalue weighted by Crippen LogP contribution is -2.48. The lowest BCUT2D eigenvalue weighted by molar-refractivity contribution is -0.139. The van der Waals surface area contributed by atoms with E-state index in [2.05, 4.69) is 12.2 Å². The maximum atomic E-state index is 11.0. The topological polar surface area (TPSA) is 52.6 Å². The smallest absolute Gasteiger partial charge is 0.307 e. The predicted octanol–water partition coefficient (Wildman–Crippen LogP) is 2.95. The Balaban J connectivity index is 1.73. The fourth-order valence-corrected chi connectivity index (χ4v) is 4.03. The molecule has 3 aliphatic carbocycles. The molecule has 1 saturated carbocycles. The molecule has 0 amide bonds. The molecule has 0 spiro atoms. The van der Waals surface area contributed by atoms with Crippen molar-refractivity contribution in [3.63, 3.8) is 0 Å². The number of rotatable bonds is 2. The van der Waals surface area contributed by atoms with Gasteiger partial charge >= 0.3 is 11.9 Å². The molecule has 0 saturated heterocycles. The molecule has 0 radical (unpaired) electrons. The minimum Gasteiger partial charge on any atom is -0.432 e. The first-order valence-electron chi connectivity index (χ1n) is 7.33. The quantitative estimate of drug-likeness (QED) is 0.728. The second-order valence-electron chi connectivity index (χ2n) is 6.01. The second-order valence-corrected chi connectivity index (χ2v) is 6.01. The monoisotopic (exact) mass is 276 g/mol. The van der Waals surface area contributed by atoms with Gasteiger partial charge in [0.15, 0.2) is 0 Å². The molecule has 0 aromatic heterocycles. The van der Waals surface area contributed by atoms with Crippen molar-refractivity contribution in [2.75, 3.05) is 0 Å². The van der Waals surface area contributed by atoms with Crippen molar-refractivity contribution in [2.24, 2.45) is 23.7 Å². The zero-order chi connectivity index (χ0) is 14.3. The first-order chi connectivity index (χ1) is 9.54. The van der Waals surface area contributed by atoms with Gasteiger partial charge in [-0.3, -0.25) is 9.59 Å². The summed E-state index contributed by atoms with van der Waals surface area (Å²) in [5.41, 5.74) is 0. The van der Waals surface area contributed by atoms with Gasteiger partial charge in [0.05, 0.1) is 0 Å². The number of carbonyl (C=O) groups excluding carboxylic acids is 2. The molecule has 4 atom stereocenters. The van der Waals surface area contributed by atoms with Gasteiger partial charge in [-0.15, -0.1) is 0 Å². The van der Waals surface area contributed by atoms with Gasteiger partial charge in [-0.2, -0.15) is 0 Å². The summed E-state index contributed by atoms with van der Waals surface area (Å²) >= 11 is 0. The molecule has 3 aliphatic rings. The van der Waals surface area contributed by atoms with E-state index in [0.717, 1.165) is 37.2 Å². The lowest BCUT2D eigenvalue weighted by atomic mass is 9.51. The molecule has 1 fully saturated rings. The van der Waals surface area contributed by atoms with Crippen LogP contribution < -0.4 is 0 Å². The van der Waals surface area contributed by atoms with E-state index in [1.807, 2.05) is 0 Å². The van der Waals surface area contributed by atoms with Crippen molar-refractivity contribution in [1.82, 2.24) is 0 Å². The SMILES string of the molecule is CC(=O)OC1=C[C@@H]2[C@@H]3C=C(OC(C)=O)CC[C@@H]3[C@@H]2CC1. The summed E-state index contributed by atoms with van der Waals surface area (Å²) in [5, 5.41) is 0. The van der Waals surface area contributed by atoms with Gasteiger partial charge in [0.25, 0.3) is 0 Å². The first kappa shape index (κ1) is 13.4. The van der Waals surface area contributed by atoms with Crippen LogP contribution in [0.1, 0.15) is 39.5 Å². The first-order valence-corrected chi connectivity index (χ1v) is 7.33. The molecule has 0 unspecified atom stereocenters. The Kier molecular flexibility index (Phi) is 3.40. The van der Waals surface area contributed by atoms with E-state index in [1.54, 1.807) is 0 Å². The molecule has 4 heteroatoms. The lowest BCUT2D eigenvalue weighted by Gasteiger charge is -2.54. The van der Waals surface area contributed by atoms with Gasteiger partial charge in [0, 0.05) is 26.7 Å². The molecule has 0 aliphatic heterocycles. The Morgan fingerprint density at radius 2 is 1.30 bits per heavy atom. The molecule has 0 heterocycles. The van der Waals surface area contributed by atoms with Crippen molar-refractivity contribution in [3.05, 3.63) is 23.7 Å². The highest BCUT2D eigenvalue weighted by atomic mass is 16.5. The minimum atomic E-state index is -0.245. The molecule has 0 aromatic carbocycles. The van der Waals surface area contributed by atoms with Crippen LogP contribution in [0.4, 0.5) is 0 Å². The fraction of sp³-hybridized carbons (Fsp3) is 0.625.